The summed E-state index contributed by atoms with van der Waals surface area (Å²) in [6.45, 7) is 1.00. The zero-order valence-corrected chi connectivity index (χ0v) is 12.2. The van der Waals surface area contributed by atoms with Crippen LogP contribution in [0.15, 0.2) is 18.2 Å². The van der Waals surface area contributed by atoms with Crippen LogP contribution in [0.4, 0.5) is 5.69 Å². The highest BCUT2D eigenvalue weighted by Crippen LogP contribution is 2.23. The summed E-state index contributed by atoms with van der Waals surface area (Å²) in [5.74, 6) is 1.01. The maximum Gasteiger partial charge on any atom is 0.283 e. The van der Waals surface area contributed by atoms with Gasteiger partial charge in [0.05, 0.1) is 11.5 Å². The SMILES string of the molecule is O=C(NCc1nnc2n1CCC2)c1ccc(Cl)cc1[N+](=O)[O-]. The number of amides is 1. The highest BCUT2D eigenvalue weighted by molar-refractivity contribution is 6.31. The summed E-state index contributed by atoms with van der Waals surface area (Å²) in [7, 11) is 0. The predicted octanol–water partition coefficient (Wildman–Crippen LogP) is 1.72. The third-order valence-electron chi connectivity index (χ3n) is 3.49. The minimum absolute atomic E-state index is 0.0319. The summed E-state index contributed by atoms with van der Waals surface area (Å²) in [6, 6.07) is 3.94. The molecule has 114 valence electrons. The molecule has 2 heterocycles. The lowest BCUT2D eigenvalue weighted by Crippen LogP contribution is -2.25. The minimum atomic E-state index is -0.629. The highest BCUT2D eigenvalue weighted by Gasteiger charge is 2.22. The Morgan fingerprint density at radius 1 is 1.45 bits per heavy atom. The van der Waals surface area contributed by atoms with E-state index < -0.39 is 10.8 Å². The van der Waals surface area contributed by atoms with Crippen LogP contribution < -0.4 is 5.32 Å². The number of carbonyl (C=O) groups excluding carboxylic acids is 1. The highest BCUT2D eigenvalue weighted by atomic mass is 35.5. The van der Waals surface area contributed by atoms with Crippen molar-refractivity contribution in [3.05, 3.63) is 50.5 Å². The van der Waals surface area contributed by atoms with Gasteiger partial charge in [-0.05, 0) is 18.6 Å². The summed E-state index contributed by atoms with van der Waals surface area (Å²) in [5.41, 5.74) is -0.355. The fourth-order valence-corrected chi connectivity index (χ4v) is 2.61. The molecule has 22 heavy (non-hydrogen) atoms. The second kappa shape index (κ2) is 5.72. The second-order valence-corrected chi connectivity index (χ2v) is 5.33. The first-order valence-corrected chi connectivity index (χ1v) is 7.07. The van der Waals surface area contributed by atoms with Gasteiger partial charge in [-0.1, -0.05) is 11.6 Å². The first kappa shape index (κ1) is 14.5. The molecular weight excluding hydrogens is 310 g/mol. The standard InChI is InChI=1S/C13H12ClN5O3/c14-8-3-4-9(10(6-8)19(21)22)13(20)15-7-12-17-16-11-2-1-5-18(11)12/h3-4,6H,1-2,5,7H2,(H,15,20). The van der Waals surface area contributed by atoms with E-state index in [1.54, 1.807) is 0 Å². The van der Waals surface area contributed by atoms with Gasteiger partial charge in [0, 0.05) is 24.1 Å². The van der Waals surface area contributed by atoms with Gasteiger partial charge in [0.1, 0.15) is 11.4 Å². The number of aryl methyl sites for hydroxylation is 1. The van der Waals surface area contributed by atoms with Crippen molar-refractivity contribution in [1.29, 1.82) is 0 Å². The molecular formula is C13H12ClN5O3. The number of benzene rings is 1. The van der Waals surface area contributed by atoms with Gasteiger partial charge in [0.25, 0.3) is 11.6 Å². The largest absolute Gasteiger partial charge is 0.345 e. The summed E-state index contributed by atoms with van der Waals surface area (Å²) < 4.78 is 1.95. The average Bonchev–Trinajstić information content (AvgIpc) is 3.08. The van der Waals surface area contributed by atoms with Crippen LogP contribution in [-0.4, -0.2) is 25.6 Å². The van der Waals surface area contributed by atoms with Crippen molar-refractivity contribution in [2.45, 2.75) is 25.9 Å². The van der Waals surface area contributed by atoms with Crippen LogP contribution >= 0.6 is 11.6 Å². The lowest BCUT2D eigenvalue weighted by atomic mass is 10.1. The maximum absolute atomic E-state index is 12.2. The Balaban J connectivity index is 1.76. The van der Waals surface area contributed by atoms with Crippen molar-refractivity contribution >= 4 is 23.2 Å². The molecule has 1 aliphatic rings. The van der Waals surface area contributed by atoms with E-state index in [-0.39, 0.29) is 22.8 Å². The van der Waals surface area contributed by atoms with Gasteiger partial charge in [0.15, 0.2) is 5.82 Å². The summed E-state index contributed by atoms with van der Waals surface area (Å²) in [5, 5.41) is 21.9. The zero-order valence-electron chi connectivity index (χ0n) is 11.5. The molecule has 1 aromatic carbocycles. The van der Waals surface area contributed by atoms with E-state index in [0.29, 0.717) is 5.82 Å². The predicted molar refractivity (Wildman–Crippen MR) is 77.6 cm³/mol. The Morgan fingerprint density at radius 3 is 3.05 bits per heavy atom. The van der Waals surface area contributed by atoms with E-state index >= 15 is 0 Å². The lowest BCUT2D eigenvalue weighted by Gasteiger charge is -2.06. The molecule has 1 aromatic heterocycles. The first-order valence-electron chi connectivity index (χ1n) is 6.69. The molecule has 9 heteroatoms. The van der Waals surface area contributed by atoms with Crippen molar-refractivity contribution in [3.8, 4) is 0 Å². The molecule has 2 aromatic rings. The Hall–Kier alpha value is -2.48. The molecule has 3 rings (SSSR count). The Labute approximate surface area is 130 Å². The fraction of sp³-hybridized carbons (Fsp3) is 0.308. The van der Waals surface area contributed by atoms with Crippen molar-refractivity contribution in [1.82, 2.24) is 20.1 Å². The van der Waals surface area contributed by atoms with Crippen molar-refractivity contribution in [2.24, 2.45) is 0 Å². The number of halogens is 1. The molecule has 1 aliphatic heterocycles. The smallest absolute Gasteiger partial charge is 0.283 e. The third kappa shape index (κ3) is 2.64. The number of nitro benzene ring substituents is 1. The van der Waals surface area contributed by atoms with Crippen molar-refractivity contribution < 1.29 is 9.72 Å². The van der Waals surface area contributed by atoms with Gasteiger partial charge in [-0.3, -0.25) is 14.9 Å². The topological polar surface area (TPSA) is 103 Å². The van der Waals surface area contributed by atoms with Crippen LogP contribution in [0, 0.1) is 10.1 Å². The monoisotopic (exact) mass is 321 g/mol. The molecule has 0 aliphatic carbocycles. The van der Waals surface area contributed by atoms with Crippen LogP contribution in [0.2, 0.25) is 5.02 Å². The Bertz CT molecular complexity index is 758. The van der Waals surface area contributed by atoms with Crippen LogP contribution in [-0.2, 0) is 19.5 Å². The van der Waals surface area contributed by atoms with E-state index in [1.807, 2.05) is 4.57 Å². The van der Waals surface area contributed by atoms with E-state index in [9.17, 15) is 14.9 Å². The fourth-order valence-electron chi connectivity index (χ4n) is 2.44. The average molecular weight is 322 g/mol. The van der Waals surface area contributed by atoms with Gasteiger partial charge in [0.2, 0.25) is 0 Å². The summed E-state index contributed by atoms with van der Waals surface area (Å²) in [4.78, 5) is 22.5. The number of nitrogens with one attached hydrogen (secondary N) is 1. The quantitative estimate of drug-likeness (QED) is 0.682. The number of rotatable bonds is 4. The van der Waals surface area contributed by atoms with Gasteiger partial charge in [-0.15, -0.1) is 10.2 Å². The zero-order chi connectivity index (χ0) is 15.7. The molecule has 0 saturated carbocycles. The number of carbonyl (C=O) groups is 1. The lowest BCUT2D eigenvalue weighted by molar-refractivity contribution is -0.385. The van der Waals surface area contributed by atoms with E-state index in [0.717, 1.165) is 31.3 Å². The molecule has 0 saturated heterocycles. The number of hydrogen-bond donors (Lipinski definition) is 1. The summed E-state index contributed by atoms with van der Waals surface area (Å²) >= 11 is 5.73. The van der Waals surface area contributed by atoms with E-state index in [4.69, 9.17) is 11.6 Å². The van der Waals surface area contributed by atoms with E-state index in [2.05, 4.69) is 15.5 Å². The van der Waals surface area contributed by atoms with E-state index in [1.165, 1.54) is 12.1 Å². The minimum Gasteiger partial charge on any atom is -0.345 e. The van der Waals surface area contributed by atoms with Crippen LogP contribution in [0.25, 0.3) is 0 Å². The molecule has 0 fully saturated rings. The number of nitro groups is 1. The summed E-state index contributed by atoms with van der Waals surface area (Å²) in [6.07, 6.45) is 1.89. The molecule has 0 unspecified atom stereocenters. The van der Waals surface area contributed by atoms with Gasteiger partial charge in [-0.2, -0.15) is 0 Å². The molecule has 0 bridgehead atoms. The van der Waals surface area contributed by atoms with Gasteiger partial charge >= 0.3 is 0 Å². The molecule has 1 N–H and O–H groups in total. The van der Waals surface area contributed by atoms with Crippen LogP contribution in [0.5, 0.6) is 0 Å². The Kier molecular flexibility index (Phi) is 3.76. The molecule has 1 amide bonds. The number of aromatic nitrogens is 3. The normalized spacial score (nSPS) is 13.0. The maximum atomic E-state index is 12.2. The molecule has 0 radical (unpaired) electrons. The number of fused-ring (bicyclic) bond motifs is 1. The number of hydrogen-bond acceptors (Lipinski definition) is 5. The second-order valence-electron chi connectivity index (χ2n) is 4.89. The van der Waals surface area contributed by atoms with Gasteiger partial charge in [-0.25, -0.2) is 0 Å². The van der Waals surface area contributed by atoms with Crippen LogP contribution in [0.3, 0.4) is 0 Å². The molecule has 0 atom stereocenters. The van der Waals surface area contributed by atoms with Crippen molar-refractivity contribution in [3.63, 3.8) is 0 Å². The van der Waals surface area contributed by atoms with Crippen LogP contribution in [0.1, 0.15) is 28.4 Å². The molecule has 8 nitrogen and oxygen atoms in total. The number of nitrogens with zero attached hydrogens (tertiary/aromatic N) is 4. The van der Waals surface area contributed by atoms with Gasteiger partial charge < -0.3 is 9.88 Å². The van der Waals surface area contributed by atoms with Crippen molar-refractivity contribution in [2.75, 3.05) is 0 Å². The molecule has 0 spiro atoms. The Morgan fingerprint density at radius 2 is 2.27 bits per heavy atom. The first-order chi connectivity index (χ1) is 10.6. The third-order valence-corrected chi connectivity index (χ3v) is 3.73.